The highest BCUT2D eigenvalue weighted by Crippen LogP contribution is 2.36. The third kappa shape index (κ3) is 2.95. The molecule has 3 aromatic rings. The summed E-state index contributed by atoms with van der Waals surface area (Å²) in [6, 6.07) is 7.31. The molecule has 0 aliphatic heterocycles. The molecule has 0 saturated carbocycles. The molecule has 0 radical (unpaired) electrons. The first-order valence-corrected chi connectivity index (χ1v) is 8.56. The Morgan fingerprint density at radius 3 is 2.58 bits per heavy atom. The van der Waals surface area contributed by atoms with E-state index in [1.165, 1.54) is 15.9 Å². The van der Waals surface area contributed by atoms with Crippen molar-refractivity contribution in [1.29, 1.82) is 0 Å². The van der Waals surface area contributed by atoms with Gasteiger partial charge in [-0.3, -0.25) is 14.2 Å². The molecule has 0 amide bonds. The first-order valence-electron chi connectivity index (χ1n) is 7.36. The van der Waals surface area contributed by atoms with Crippen LogP contribution in [0.2, 0.25) is 5.02 Å². The summed E-state index contributed by atoms with van der Waals surface area (Å²) in [6.45, 7) is 3.78. The normalized spacial score (nSPS) is 11.1. The van der Waals surface area contributed by atoms with Gasteiger partial charge in [-0.15, -0.1) is 11.3 Å². The molecule has 0 bridgehead atoms. The number of aryl methyl sites for hydroxylation is 2. The molecule has 0 fully saturated rings. The van der Waals surface area contributed by atoms with Gasteiger partial charge in [0.25, 0.3) is 5.56 Å². The van der Waals surface area contributed by atoms with Gasteiger partial charge in [0.2, 0.25) is 0 Å². The van der Waals surface area contributed by atoms with Crippen molar-refractivity contribution in [2.45, 2.75) is 26.8 Å². The fourth-order valence-corrected chi connectivity index (χ4v) is 3.94. The lowest BCUT2D eigenvalue weighted by Crippen LogP contribution is -2.24. The lowest BCUT2D eigenvalue weighted by molar-refractivity contribution is -0.137. The molecule has 3 rings (SSSR count). The van der Waals surface area contributed by atoms with Crippen molar-refractivity contribution in [1.82, 2.24) is 9.55 Å². The van der Waals surface area contributed by atoms with Gasteiger partial charge in [-0.05, 0) is 31.5 Å². The number of halogens is 1. The summed E-state index contributed by atoms with van der Waals surface area (Å²) in [4.78, 5) is 30.0. The van der Waals surface area contributed by atoms with Gasteiger partial charge < -0.3 is 5.11 Å². The Kier molecular flexibility index (Phi) is 4.43. The number of benzene rings is 1. The second kappa shape index (κ2) is 6.37. The summed E-state index contributed by atoms with van der Waals surface area (Å²) >= 11 is 7.41. The molecule has 24 heavy (non-hydrogen) atoms. The van der Waals surface area contributed by atoms with Crippen LogP contribution >= 0.6 is 22.9 Å². The number of fused-ring (bicyclic) bond motifs is 1. The van der Waals surface area contributed by atoms with Gasteiger partial charge in [-0.25, -0.2) is 4.98 Å². The molecule has 7 heteroatoms. The van der Waals surface area contributed by atoms with Crippen LogP contribution in [-0.2, 0) is 11.3 Å². The number of aliphatic carboxylic acids is 1. The Bertz CT molecular complexity index is 990. The van der Waals surface area contributed by atoms with Crippen molar-refractivity contribution in [3.63, 3.8) is 0 Å². The molecule has 0 saturated heterocycles. The molecule has 124 valence electrons. The van der Waals surface area contributed by atoms with Crippen molar-refractivity contribution in [3.05, 3.63) is 50.3 Å². The van der Waals surface area contributed by atoms with Gasteiger partial charge in [0.1, 0.15) is 10.7 Å². The molecule has 0 unspecified atom stereocenters. The van der Waals surface area contributed by atoms with Crippen LogP contribution in [0.3, 0.4) is 0 Å². The average Bonchev–Trinajstić information content (AvgIpc) is 2.83. The van der Waals surface area contributed by atoms with E-state index >= 15 is 0 Å². The summed E-state index contributed by atoms with van der Waals surface area (Å²) in [7, 11) is 0. The standard InChI is InChI=1S/C17H15ClN2O3S/c1-9-14(11-3-5-12(18)6-4-11)15-16(24-9)19-10(2)20(17(15)23)8-7-13(21)22/h3-6H,7-8H2,1-2H3,(H,21,22). The summed E-state index contributed by atoms with van der Waals surface area (Å²) in [6.07, 6.45) is -0.118. The monoisotopic (exact) mass is 362 g/mol. The first kappa shape index (κ1) is 16.7. The van der Waals surface area contributed by atoms with Crippen LogP contribution in [0.25, 0.3) is 21.3 Å². The summed E-state index contributed by atoms with van der Waals surface area (Å²) in [5, 5.41) is 10.1. The molecule has 2 aromatic heterocycles. The van der Waals surface area contributed by atoms with Crippen molar-refractivity contribution >= 4 is 39.1 Å². The molecule has 0 aliphatic carbocycles. The Morgan fingerprint density at radius 2 is 1.96 bits per heavy atom. The first-order chi connectivity index (χ1) is 11.4. The number of aromatic nitrogens is 2. The topological polar surface area (TPSA) is 72.2 Å². The van der Waals surface area contributed by atoms with Crippen LogP contribution < -0.4 is 5.56 Å². The van der Waals surface area contributed by atoms with Gasteiger partial charge in [-0.1, -0.05) is 23.7 Å². The Morgan fingerprint density at radius 1 is 1.29 bits per heavy atom. The zero-order chi connectivity index (χ0) is 17.4. The molecule has 1 N–H and O–H groups in total. The van der Waals surface area contributed by atoms with Crippen LogP contribution in [0.5, 0.6) is 0 Å². The molecule has 1 aromatic carbocycles. The van der Waals surface area contributed by atoms with E-state index in [2.05, 4.69) is 4.98 Å². The van der Waals surface area contributed by atoms with Gasteiger partial charge >= 0.3 is 5.97 Å². The number of hydrogen-bond donors (Lipinski definition) is 1. The lowest BCUT2D eigenvalue weighted by Gasteiger charge is -2.09. The molecular formula is C17H15ClN2O3S. The summed E-state index contributed by atoms with van der Waals surface area (Å²) in [5.74, 6) is -0.418. The zero-order valence-corrected chi connectivity index (χ0v) is 14.7. The zero-order valence-electron chi connectivity index (χ0n) is 13.2. The number of rotatable bonds is 4. The molecule has 5 nitrogen and oxygen atoms in total. The van der Waals surface area contributed by atoms with E-state index in [1.54, 1.807) is 19.1 Å². The van der Waals surface area contributed by atoms with Gasteiger partial charge in [-0.2, -0.15) is 0 Å². The number of nitrogens with zero attached hydrogens (tertiary/aromatic N) is 2. The van der Waals surface area contributed by atoms with E-state index in [0.717, 1.165) is 16.0 Å². The molecule has 0 atom stereocenters. The third-order valence-corrected chi connectivity index (χ3v) is 5.11. The number of carboxylic acid groups (broad SMARTS) is 1. The predicted molar refractivity (Wildman–Crippen MR) is 96.1 cm³/mol. The second-order valence-corrected chi connectivity index (χ2v) is 7.12. The number of thiophene rings is 1. The van der Waals surface area contributed by atoms with Crippen molar-refractivity contribution in [2.75, 3.05) is 0 Å². The average molecular weight is 363 g/mol. The molecule has 0 aliphatic rings. The van der Waals surface area contributed by atoms with Crippen LogP contribution in [0, 0.1) is 13.8 Å². The highest BCUT2D eigenvalue weighted by molar-refractivity contribution is 7.19. The second-order valence-electron chi connectivity index (χ2n) is 5.48. The molecule has 0 spiro atoms. The van der Waals surface area contributed by atoms with Crippen LogP contribution in [0.15, 0.2) is 29.1 Å². The SMILES string of the molecule is Cc1sc2nc(C)n(CCC(=O)O)c(=O)c2c1-c1ccc(Cl)cc1. The van der Waals surface area contributed by atoms with Gasteiger partial charge in [0, 0.05) is 22.0 Å². The maximum absolute atomic E-state index is 12.9. The summed E-state index contributed by atoms with van der Waals surface area (Å²) in [5.41, 5.74) is 1.54. The van der Waals surface area contributed by atoms with Crippen LogP contribution in [0.4, 0.5) is 0 Å². The molecule has 2 heterocycles. The van der Waals surface area contributed by atoms with Gasteiger partial charge in [0.05, 0.1) is 11.8 Å². The van der Waals surface area contributed by atoms with Crippen molar-refractivity contribution < 1.29 is 9.90 Å². The minimum atomic E-state index is -0.944. The maximum atomic E-state index is 12.9. The Balaban J connectivity index is 2.25. The Labute approximate surface area is 147 Å². The fraction of sp³-hybridized carbons (Fsp3) is 0.235. The van der Waals surface area contributed by atoms with E-state index in [0.29, 0.717) is 21.1 Å². The number of carbonyl (C=O) groups is 1. The van der Waals surface area contributed by atoms with E-state index < -0.39 is 5.97 Å². The molecular weight excluding hydrogens is 348 g/mol. The predicted octanol–water partition coefficient (Wildman–Crippen LogP) is 3.87. The van der Waals surface area contributed by atoms with E-state index in [9.17, 15) is 9.59 Å². The highest BCUT2D eigenvalue weighted by atomic mass is 35.5. The third-order valence-electron chi connectivity index (χ3n) is 3.86. The number of hydrogen-bond acceptors (Lipinski definition) is 4. The van der Waals surface area contributed by atoms with Crippen molar-refractivity contribution in [3.8, 4) is 11.1 Å². The van der Waals surface area contributed by atoms with Gasteiger partial charge in [0.15, 0.2) is 0 Å². The quantitative estimate of drug-likeness (QED) is 0.764. The number of carboxylic acids is 1. The minimum absolute atomic E-state index is 0.109. The van der Waals surface area contributed by atoms with E-state index in [-0.39, 0.29) is 18.5 Å². The highest BCUT2D eigenvalue weighted by Gasteiger charge is 2.18. The van der Waals surface area contributed by atoms with Crippen LogP contribution in [0.1, 0.15) is 17.1 Å². The fourth-order valence-electron chi connectivity index (χ4n) is 2.73. The Hall–Kier alpha value is -2.18. The van der Waals surface area contributed by atoms with Crippen LogP contribution in [-0.4, -0.2) is 20.6 Å². The van der Waals surface area contributed by atoms with Crippen molar-refractivity contribution in [2.24, 2.45) is 0 Å². The lowest BCUT2D eigenvalue weighted by atomic mass is 10.0. The largest absolute Gasteiger partial charge is 0.481 e. The maximum Gasteiger partial charge on any atom is 0.305 e. The summed E-state index contributed by atoms with van der Waals surface area (Å²) < 4.78 is 1.43. The van der Waals surface area contributed by atoms with E-state index in [1.807, 2.05) is 19.1 Å². The minimum Gasteiger partial charge on any atom is -0.481 e. The smallest absolute Gasteiger partial charge is 0.305 e. The van der Waals surface area contributed by atoms with E-state index in [4.69, 9.17) is 16.7 Å².